The number of esters is 2. The minimum Gasteiger partial charge on any atom is -0.462 e. The van der Waals surface area contributed by atoms with Gasteiger partial charge in [0.15, 0.2) is 6.10 Å². The SMILES string of the molecule is CC/C=C\CC(O)/C=C/C=C/C/C=C\C/C=C\C/C=C\CCC(=O)O[C@H](COC(=O)CCCCCCCCCCCCCCCC)COP(=O)(O)O. The molecule has 0 aliphatic rings. The summed E-state index contributed by atoms with van der Waals surface area (Å²) in [7, 11) is -4.78. The fourth-order valence-corrected chi connectivity index (χ4v) is 5.49. The van der Waals surface area contributed by atoms with Gasteiger partial charge in [-0.2, -0.15) is 0 Å². The van der Waals surface area contributed by atoms with Gasteiger partial charge in [-0.05, 0) is 44.9 Å². The molecule has 0 spiro atoms. The van der Waals surface area contributed by atoms with Crippen molar-refractivity contribution in [2.45, 2.75) is 167 Å². The first-order valence-corrected chi connectivity index (χ1v) is 21.4. The van der Waals surface area contributed by atoms with Crippen molar-refractivity contribution >= 4 is 19.8 Å². The van der Waals surface area contributed by atoms with Crippen LogP contribution in [-0.2, 0) is 28.2 Å². The van der Waals surface area contributed by atoms with Crippen LogP contribution in [0.1, 0.15) is 155 Å². The Morgan fingerprint density at radius 3 is 1.71 bits per heavy atom. The number of aliphatic hydroxyl groups is 1. The fourth-order valence-electron chi connectivity index (χ4n) is 5.13. The first-order chi connectivity index (χ1) is 25.2. The van der Waals surface area contributed by atoms with Crippen LogP contribution in [-0.4, -0.2) is 52.3 Å². The van der Waals surface area contributed by atoms with Gasteiger partial charge in [-0.3, -0.25) is 14.1 Å². The predicted molar refractivity (Wildman–Crippen MR) is 213 cm³/mol. The molecule has 298 valence electrons. The third-order valence-corrected chi connectivity index (χ3v) is 8.57. The summed E-state index contributed by atoms with van der Waals surface area (Å²) in [5.41, 5.74) is 0. The van der Waals surface area contributed by atoms with Crippen molar-refractivity contribution < 1.29 is 43.0 Å². The van der Waals surface area contributed by atoms with Crippen molar-refractivity contribution in [2.24, 2.45) is 0 Å². The van der Waals surface area contributed by atoms with Gasteiger partial charge in [0, 0.05) is 12.8 Å². The second-order valence-corrected chi connectivity index (χ2v) is 14.3. The lowest BCUT2D eigenvalue weighted by Crippen LogP contribution is -2.29. The number of rotatable bonds is 35. The van der Waals surface area contributed by atoms with Crippen LogP contribution in [0, 0.1) is 0 Å². The highest BCUT2D eigenvalue weighted by atomic mass is 31.2. The van der Waals surface area contributed by atoms with E-state index in [9.17, 15) is 19.3 Å². The lowest BCUT2D eigenvalue weighted by Gasteiger charge is -2.18. The third kappa shape index (κ3) is 38.7. The number of hydrogen-bond donors (Lipinski definition) is 3. The molecular formula is C42H71O9P. The highest BCUT2D eigenvalue weighted by Crippen LogP contribution is 2.36. The average Bonchev–Trinajstić information content (AvgIpc) is 3.11. The first kappa shape index (κ1) is 49.5. The van der Waals surface area contributed by atoms with E-state index >= 15 is 0 Å². The summed E-state index contributed by atoms with van der Waals surface area (Å²) in [5.74, 6) is -1.01. The largest absolute Gasteiger partial charge is 0.469 e. The van der Waals surface area contributed by atoms with Gasteiger partial charge in [0.2, 0.25) is 0 Å². The molecule has 0 rings (SSSR count). The lowest BCUT2D eigenvalue weighted by molar-refractivity contribution is -0.161. The zero-order chi connectivity index (χ0) is 38.4. The van der Waals surface area contributed by atoms with E-state index in [1.54, 1.807) is 6.08 Å². The van der Waals surface area contributed by atoms with Crippen molar-refractivity contribution in [1.29, 1.82) is 0 Å². The molecular weight excluding hydrogens is 679 g/mol. The van der Waals surface area contributed by atoms with Gasteiger partial charge in [0.25, 0.3) is 0 Å². The zero-order valence-electron chi connectivity index (χ0n) is 32.3. The molecule has 3 N–H and O–H groups in total. The lowest BCUT2D eigenvalue weighted by atomic mass is 10.0. The Hall–Kier alpha value is -2.55. The molecule has 0 radical (unpaired) electrons. The van der Waals surface area contributed by atoms with E-state index in [4.69, 9.17) is 19.3 Å². The Balaban J connectivity index is 4.13. The van der Waals surface area contributed by atoms with Gasteiger partial charge in [0.1, 0.15) is 6.61 Å². The van der Waals surface area contributed by atoms with Crippen molar-refractivity contribution in [3.05, 3.63) is 72.9 Å². The molecule has 0 aromatic rings. The van der Waals surface area contributed by atoms with Gasteiger partial charge in [-0.15, -0.1) is 0 Å². The molecule has 2 atom stereocenters. The fraction of sp³-hybridized carbons (Fsp3) is 0.667. The molecule has 0 bridgehead atoms. The van der Waals surface area contributed by atoms with Gasteiger partial charge < -0.3 is 24.4 Å². The molecule has 0 fully saturated rings. The van der Waals surface area contributed by atoms with E-state index < -0.39 is 38.6 Å². The zero-order valence-corrected chi connectivity index (χ0v) is 33.2. The van der Waals surface area contributed by atoms with Crippen LogP contribution in [0.2, 0.25) is 0 Å². The average molecular weight is 751 g/mol. The maximum Gasteiger partial charge on any atom is 0.469 e. The molecule has 0 amide bonds. The predicted octanol–water partition coefficient (Wildman–Crippen LogP) is 10.9. The molecule has 0 aliphatic carbocycles. The number of ether oxygens (including phenoxy) is 2. The van der Waals surface area contributed by atoms with Crippen molar-refractivity contribution in [2.75, 3.05) is 13.2 Å². The summed E-state index contributed by atoms with van der Waals surface area (Å²) < 4.78 is 26.2. The second kappa shape index (κ2) is 36.8. The van der Waals surface area contributed by atoms with Crippen LogP contribution in [0.4, 0.5) is 0 Å². The van der Waals surface area contributed by atoms with Crippen LogP contribution in [0.15, 0.2) is 72.9 Å². The van der Waals surface area contributed by atoms with E-state index in [1.165, 1.54) is 64.2 Å². The molecule has 0 aliphatic heterocycles. The Morgan fingerprint density at radius 1 is 0.615 bits per heavy atom. The van der Waals surface area contributed by atoms with Crippen LogP contribution in [0.5, 0.6) is 0 Å². The van der Waals surface area contributed by atoms with Crippen molar-refractivity contribution in [3.8, 4) is 0 Å². The molecule has 1 unspecified atom stereocenters. The quantitative estimate of drug-likeness (QED) is 0.0190. The number of phosphoric acid groups is 1. The summed E-state index contributed by atoms with van der Waals surface area (Å²) in [6, 6.07) is 0. The Labute approximate surface area is 315 Å². The number of hydrogen-bond acceptors (Lipinski definition) is 7. The Morgan fingerprint density at radius 2 is 1.15 bits per heavy atom. The first-order valence-electron chi connectivity index (χ1n) is 19.8. The molecule has 0 aromatic heterocycles. The molecule has 0 saturated heterocycles. The molecule has 0 heterocycles. The number of aliphatic hydroxyl groups excluding tert-OH is 1. The molecule has 52 heavy (non-hydrogen) atoms. The summed E-state index contributed by atoms with van der Waals surface area (Å²) in [4.78, 5) is 42.7. The number of allylic oxidation sites excluding steroid dienone is 10. The van der Waals surface area contributed by atoms with E-state index in [1.807, 2.05) is 48.6 Å². The molecule has 0 aromatic carbocycles. The number of carbonyl (C=O) groups excluding carboxylic acids is 2. The van der Waals surface area contributed by atoms with Crippen LogP contribution >= 0.6 is 7.82 Å². The molecule has 0 saturated carbocycles. The van der Waals surface area contributed by atoms with E-state index in [0.717, 1.165) is 44.9 Å². The van der Waals surface area contributed by atoms with Gasteiger partial charge >= 0.3 is 19.8 Å². The Kier molecular flexibility index (Phi) is 35.0. The highest BCUT2D eigenvalue weighted by Gasteiger charge is 2.22. The van der Waals surface area contributed by atoms with E-state index in [-0.39, 0.29) is 19.4 Å². The maximum absolute atomic E-state index is 12.3. The smallest absolute Gasteiger partial charge is 0.462 e. The normalized spacial score (nSPS) is 13.9. The maximum atomic E-state index is 12.3. The summed E-state index contributed by atoms with van der Waals surface area (Å²) in [6.07, 6.45) is 43.9. The van der Waals surface area contributed by atoms with Crippen LogP contribution < -0.4 is 0 Å². The van der Waals surface area contributed by atoms with Gasteiger partial charge in [0.05, 0.1) is 12.7 Å². The monoisotopic (exact) mass is 750 g/mol. The summed E-state index contributed by atoms with van der Waals surface area (Å²) in [6.45, 7) is 3.40. The number of carbonyl (C=O) groups is 2. The highest BCUT2D eigenvalue weighted by molar-refractivity contribution is 7.46. The van der Waals surface area contributed by atoms with Gasteiger partial charge in [-0.25, -0.2) is 4.57 Å². The van der Waals surface area contributed by atoms with Crippen LogP contribution in [0.25, 0.3) is 0 Å². The van der Waals surface area contributed by atoms with E-state index in [0.29, 0.717) is 19.3 Å². The standard InChI is InChI=1S/C42H71O9P/c1-3-5-7-8-9-10-11-12-15-18-21-24-27-31-35-41(44)49-37-40(38-50-52(46,47)48)51-42(45)36-32-28-25-22-19-16-13-14-17-20-23-26-30-34-39(43)33-29-6-4-2/h6,14,16-17,19,23,25-26,28-30,34,39-40,43H,3-5,7-13,15,18,20-22,24,27,31-33,35-38H2,1-2H3,(H2,46,47,48)/b17-14-,19-16-,26-23+,28-25-,29-6-,34-30+/t39?,40-/m1/s1. The topological polar surface area (TPSA) is 140 Å². The molecule has 10 heteroatoms. The minimum atomic E-state index is -4.78. The van der Waals surface area contributed by atoms with Crippen molar-refractivity contribution in [1.82, 2.24) is 0 Å². The molecule has 9 nitrogen and oxygen atoms in total. The van der Waals surface area contributed by atoms with Crippen LogP contribution in [0.3, 0.4) is 0 Å². The Bertz CT molecular complexity index is 1090. The minimum absolute atomic E-state index is 0.0694. The second-order valence-electron chi connectivity index (χ2n) is 13.1. The number of unbranched alkanes of at least 4 members (excludes halogenated alkanes) is 13. The third-order valence-electron chi connectivity index (χ3n) is 8.08. The van der Waals surface area contributed by atoms with E-state index in [2.05, 4.69) is 36.6 Å². The number of phosphoric ester groups is 1. The van der Waals surface area contributed by atoms with Crippen molar-refractivity contribution in [3.63, 3.8) is 0 Å². The van der Waals surface area contributed by atoms with Gasteiger partial charge in [-0.1, -0.05) is 170 Å². The summed E-state index contributed by atoms with van der Waals surface area (Å²) in [5, 5.41) is 9.81. The summed E-state index contributed by atoms with van der Waals surface area (Å²) >= 11 is 0.